The zero-order valence-corrected chi connectivity index (χ0v) is 12.7. The number of nitrogens with one attached hydrogen (secondary N) is 1. The minimum atomic E-state index is 0.244. The first kappa shape index (κ1) is 13.4. The van der Waals surface area contributed by atoms with Crippen LogP contribution in [0.15, 0.2) is 18.2 Å². The Labute approximate surface area is 120 Å². The van der Waals surface area contributed by atoms with Gasteiger partial charge in [-0.05, 0) is 35.1 Å². The summed E-state index contributed by atoms with van der Waals surface area (Å²) in [4.78, 5) is 0. The summed E-state index contributed by atoms with van der Waals surface area (Å²) in [5.74, 6) is 0. The molecular formula is C16H22ClNO. The van der Waals surface area contributed by atoms with Gasteiger partial charge < -0.3 is 10.1 Å². The Bertz CT molecular complexity index is 494. The zero-order chi connectivity index (χ0) is 13.7. The minimum absolute atomic E-state index is 0.244. The number of halogens is 1. The van der Waals surface area contributed by atoms with Crippen LogP contribution in [0.3, 0.4) is 0 Å². The van der Waals surface area contributed by atoms with Gasteiger partial charge in [-0.2, -0.15) is 0 Å². The third kappa shape index (κ3) is 2.42. The fourth-order valence-electron chi connectivity index (χ4n) is 3.30. The minimum Gasteiger partial charge on any atom is -0.380 e. The van der Waals surface area contributed by atoms with E-state index >= 15 is 0 Å². The van der Waals surface area contributed by atoms with E-state index in [1.807, 2.05) is 6.07 Å². The van der Waals surface area contributed by atoms with Crippen LogP contribution in [0, 0.1) is 10.8 Å². The molecule has 2 aliphatic rings. The van der Waals surface area contributed by atoms with E-state index in [0.717, 1.165) is 31.2 Å². The summed E-state index contributed by atoms with van der Waals surface area (Å²) in [5, 5.41) is 4.59. The van der Waals surface area contributed by atoms with E-state index in [-0.39, 0.29) is 5.41 Å². The Morgan fingerprint density at radius 1 is 1.32 bits per heavy atom. The molecule has 3 heteroatoms. The van der Waals surface area contributed by atoms with E-state index in [0.29, 0.717) is 11.5 Å². The number of benzene rings is 1. The fourth-order valence-corrected chi connectivity index (χ4v) is 3.48. The quantitative estimate of drug-likeness (QED) is 0.913. The molecule has 1 N–H and O–H groups in total. The topological polar surface area (TPSA) is 21.3 Å². The van der Waals surface area contributed by atoms with Crippen molar-refractivity contribution in [1.29, 1.82) is 0 Å². The number of ether oxygens (including phenoxy) is 1. The van der Waals surface area contributed by atoms with Gasteiger partial charge in [-0.3, -0.25) is 0 Å². The van der Waals surface area contributed by atoms with Gasteiger partial charge in [-0.1, -0.05) is 38.4 Å². The average Bonchev–Trinajstić information content (AvgIpc) is 2.54. The summed E-state index contributed by atoms with van der Waals surface area (Å²) in [6.07, 6.45) is 1.12. The number of hydrogen-bond acceptors (Lipinski definition) is 2. The number of fused-ring (bicyclic) bond motifs is 1. The van der Waals surface area contributed by atoms with Gasteiger partial charge in [0, 0.05) is 23.0 Å². The fraction of sp³-hybridized carbons (Fsp3) is 0.625. The van der Waals surface area contributed by atoms with Crippen LogP contribution < -0.4 is 5.32 Å². The Hall–Kier alpha value is -0.570. The molecule has 1 aromatic carbocycles. The van der Waals surface area contributed by atoms with Crippen LogP contribution in [0.5, 0.6) is 0 Å². The summed E-state index contributed by atoms with van der Waals surface area (Å²) in [7, 11) is 0. The molecule has 0 radical (unpaired) electrons. The molecule has 0 spiro atoms. The molecule has 1 heterocycles. The second-order valence-corrected chi connectivity index (χ2v) is 7.56. The second kappa shape index (κ2) is 4.47. The molecular weight excluding hydrogens is 258 g/mol. The normalized spacial score (nSPS) is 26.8. The van der Waals surface area contributed by atoms with Crippen molar-refractivity contribution in [2.45, 2.75) is 33.2 Å². The van der Waals surface area contributed by atoms with Crippen molar-refractivity contribution in [3.8, 4) is 0 Å². The van der Waals surface area contributed by atoms with Crippen LogP contribution in [0.1, 0.15) is 37.9 Å². The van der Waals surface area contributed by atoms with Gasteiger partial charge in [0.2, 0.25) is 0 Å². The van der Waals surface area contributed by atoms with Gasteiger partial charge in [-0.15, -0.1) is 0 Å². The van der Waals surface area contributed by atoms with Crippen LogP contribution in [0.2, 0.25) is 5.02 Å². The third-order valence-corrected chi connectivity index (χ3v) is 4.72. The van der Waals surface area contributed by atoms with Gasteiger partial charge in [0.05, 0.1) is 13.2 Å². The molecule has 1 saturated heterocycles. The standard InChI is InChI=1S/C16H22ClNO/c1-15(2)7-11-4-5-12(17)6-13(11)14(15)18-8-16(3)9-19-10-16/h4-6,14,18H,7-10H2,1-3H3. The maximum atomic E-state index is 6.16. The van der Waals surface area contributed by atoms with Gasteiger partial charge in [-0.25, -0.2) is 0 Å². The molecule has 104 valence electrons. The lowest BCUT2D eigenvalue weighted by molar-refractivity contribution is -0.101. The molecule has 3 rings (SSSR count). The Balaban J connectivity index is 1.81. The van der Waals surface area contributed by atoms with Crippen molar-refractivity contribution in [3.63, 3.8) is 0 Å². The highest BCUT2D eigenvalue weighted by Crippen LogP contribution is 2.46. The van der Waals surface area contributed by atoms with E-state index in [1.165, 1.54) is 11.1 Å². The smallest absolute Gasteiger partial charge is 0.0554 e. The second-order valence-electron chi connectivity index (χ2n) is 7.13. The molecule has 1 unspecified atom stereocenters. The van der Waals surface area contributed by atoms with E-state index < -0.39 is 0 Å². The van der Waals surface area contributed by atoms with Crippen molar-refractivity contribution in [2.24, 2.45) is 10.8 Å². The van der Waals surface area contributed by atoms with E-state index in [9.17, 15) is 0 Å². The summed E-state index contributed by atoms with van der Waals surface area (Å²) < 4.78 is 5.33. The third-order valence-electron chi connectivity index (χ3n) is 4.48. The van der Waals surface area contributed by atoms with Crippen LogP contribution in [-0.2, 0) is 11.2 Å². The van der Waals surface area contributed by atoms with Crippen molar-refractivity contribution in [1.82, 2.24) is 5.32 Å². The maximum Gasteiger partial charge on any atom is 0.0554 e. The summed E-state index contributed by atoms with van der Waals surface area (Å²) in [5.41, 5.74) is 3.36. The van der Waals surface area contributed by atoms with Crippen molar-refractivity contribution < 1.29 is 4.74 Å². The molecule has 1 atom stereocenters. The van der Waals surface area contributed by atoms with E-state index in [2.05, 4.69) is 38.2 Å². The lowest BCUT2D eigenvalue weighted by Gasteiger charge is -2.40. The van der Waals surface area contributed by atoms with Crippen LogP contribution in [0.4, 0.5) is 0 Å². The Morgan fingerprint density at radius 2 is 2.05 bits per heavy atom. The van der Waals surface area contributed by atoms with Crippen LogP contribution in [-0.4, -0.2) is 19.8 Å². The first-order chi connectivity index (χ1) is 8.90. The van der Waals surface area contributed by atoms with Crippen molar-refractivity contribution in [2.75, 3.05) is 19.8 Å². The Morgan fingerprint density at radius 3 is 2.68 bits per heavy atom. The highest BCUT2D eigenvalue weighted by molar-refractivity contribution is 6.30. The number of hydrogen-bond donors (Lipinski definition) is 1. The highest BCUT2D eigenvalue weighted by atomic mass is 35.5. The van der Waals surface area contributed by atoms with Gasteiger partial charge in [0.25, 0.3) is 0 Å². The van der Waals surface area contributed by atoms with Gasteiger partial charge >= 0.3 is 0 Å². The molecule has 0 amide bonds. The van der Waals surface area contributed by atoms with Crippen molar-refractivity contribution >= 4 is 11.6 Å². The molecule has 2 nitrogen and oxygen atoms in total. The maximum absolute atomic E-state index is 6.16. The van der Waals surface area contributed by atoms with Crippen LogP contribution >= 0.6 is 11.6 Å². The summed E-state index contributed by atoms with van der Waals surface area (Å²) >= 11 is 6.16. The summed E-state index contributed by atoms with van der Waals surface area (Å²) in [6, 6.07) is 6.69. The average molecular weight is 280 g/mol. The molecule has 0 bridgehead atoms. The van der Waals surface area contributed by atoms with E-state index in [4.69, 9.17) is 16.3 Å². The molecule has 1 aliphatic carbocycles. The molecule has 0 aromatic heterocycles. The zero-order valence-electron chi connectivity index (χ0n) is 11.9. The predicted molar refractivity (Wildman–Crippen MR) is 78.6 cm³/mol. The van der Waals surface area contributed by atoms with E-state index in [1.54, 1.807) is 0 Å². The lowest BCUT2D eigenvalue weighted by atomic mass is 9.83. The Kier molecular flexibility index (Phi) is 3.16. The van der Waals surface area contributed by atoms with Crippen LogP contribution in [0.25, 0.3) is 0 Å². The largest absolute Gasteiger partial charge is 0.380 e. The monoisotopic (exact) mass is 279 g/mol. The molecule has 0 saturated carbocycles. The van der Waals surface area contributed by atoms with Crippen molar-refractivity contribution in [3.05, 3.63) is 34.3 Å². The lowest BCUT2D eigenvalue weighted by Crippen LogP contribution is -2.49. The molecule has 19 heavy (non-hydrogen) atoms. The van der Waals surface area contributed by atoms with Gasteiger partial charge in [0.15, 0.2) is 0 Å². The van der Waals surface area contributed by atoms with Gasteiger partial charge in [0.1, 0.15) is 0 Å². The highest BCUT2D eigenvalue weighted by Gasteiger charge is 2.41. The SMILES string of the molecule is CC1(CNC2c3cc(Cl)ccc3CC2(C)C)COC1. The first-order valence-corrected chi connectivity index (χ1v) is 7.37. The predicted octanol–water partition coefficient (Wildman–Crippen LogP) is 3.59. The molecule has 1 aromatic rings. The first-order valence-electron chi connectivity index (χ1n) is 6.99. The molecule has 1 fully saturated rings. The number of rotatable bonds is 3. The molecule has 1 aliphatic heterocycles. The summed E-state index contributed by atoms with van der Waals surface area (Å²) in [6.45, 7) is 9.69.